The third kappa shape index (κ3) is 3.12. The van der Waals surface area contributed by atoms with Crippen LogP contribution in [-0.2, 0) is 17.4 Å². The van der Waals surface area contributed by atoms with E-state index in [9.17, 15) is 18.0 Å². The number of alkyl halides is 3. The van der Waals surface area contributed by atoms with Crippen molar-refractivity contribution in [3.63, 3.8) is 0 Å². The highest BCUT2D eigenvalue weighted by Crippen LogP contribution is 2.30. The maximum atomic E-state index is 12.3. The summed E-state index contributed by atoms with van der Waals surface area (Å²) < 4.78 is 36.8. The van der Waals surface area contributed by atoms with Crippen LogP contribution in [0.2, 0.25) is 0 Å². The lowest BCUT2D eigenvalue weighted by atomic mass is 10.2. The van der Waals surface area contributed by atoms with Crippen LogP contribution in [0.3, 0.4) is 0 Å². The number of carboxylic acid groups (broad SMARTS) is 1. The fourth-order valence-electron chi connectivity index (χ4n) is 1.02. The summed E-state index contributed by atoms with van der Waals surface area (Å²) in [6.45, 7) is 0. The maximum Gasteiger partial charge on any atom is 0.416 e. The first-order chi connectivity index (χ1) is 6.79. The van der Waals surface area contributed by atoms with Crippen molar-refractivity contribution in [1.29, 1.82) is 0 Å². The van der Waals surface area contributed by atoms with Crippen LogP contribution in [0.15, 0.2) is 12.1 Å². The van der Waals surface area contributed by atoms with Crippen molar-refractivity contribution in [2.24, 2.45) is 0 Å². The first kappa shape index (κ1) is 11.3. The number of nitrogens with two attached hydrogens (primary N) is 1. The number of pyridine rings is 1. The molecule has 15 heavy (non-hydrogen) atoms. The Morgan fingerprint density at radius 2 is 2.07 bits per heavy atom. The molecule has 0 radical (unpaired) electrons. The molecular formula is C8H7F3N2O2. The van der Waals surface area contributed by atoms with Crippen LogP contribution in [0.4, 0.5) is 19.0 Å². The van der Waals surface area contributed by atoms with Gasteiger partial charge in [-0.2, -0.15) is 13.2 Å². The predicted octanol–water partition coefficient (Wildman–Crippen LogP) is 1.31. The average Bonchev–Trinajstić information content (AvgIpc) is 1.99. The van der Waals surface area contributed by atoms with E-state index in [4.69, 9.17) is 10.8 Å². The number of aliphatic carboxylic acids is 1. The molecule has 82 valence electrons. The number of halogens is 3. The molecule has 1 heterocycles. The van der Waals surface area contributed by atoms with Crippen molar-refractivity contribution in [2.45, 2.75) is 12.6 Å². The molecule has 4 nitrogen and oxygen atoms in total. The van der Waals surface area contributed by atoms with Gasteiger partial charge in [-0.25, -0.2) is 4.98 Å². The lowest BCUT2D eigenvalue weighted by molar-refractivity contribution is -0.138. The molecule has 3 N–H and O–H groups in total. The number of hydrogen-bond donors (Lipinski definition) is 2. The van der Waals surface area contributed by atoms with E-state index in [-0.39, 0.29) is 11.5 Å². The van der Waals surface area contributed by atoms with Crippen LogP contribution < -0.4 is 5.73 Å². The van der Waals surface area contributed by atoms with E-state index in [1.165, 1.54) is 0 Å². The van der Waals surface area contributed by atoms with E-state index >= 15 is 0 Å². The number of rotatable bonds is 2. The first-order valence-electron chi connectivity index (χ1n) is 3.84. The number of nitrogens with zero attached hydrogens (tertiary/aromatic N) is 1. The molecule has 0 atom stereocenters. The van der Waals surface area contributed by atoms with Gasteiger partial charge < -0.3 is 10.8 Å². The van der Waals surface area contributed by atoms with Gasteiger partial charge in [0.15, 0.2) is 0 Å². The Morgan fingerprint density at radius 1 is 1.47 bits per heavy atom. The van der Waals surface area contributed by atoms with Crippen LogP contribution in [0.1, 0.15) is 11.3 Å². The zero-order valence-electron chi connectivity index (χ0n) is 7.38. The molecule has 0 unspecified atom stereocenters. The third-order valence-electron chi connectivity index (χ3n) is 1.56. The van der Waals surface area contributed by atoms with Gasteiger partial charge in [0.2, 0.25) is 0 Å². The van der Waals surface area contributed by atoms with E-state index in [2.05, 4.69) is 4.98 Å². The summed E-state index contributed by atoms with van der Waals surface area (Å²) in [6.07, 6.45) is -5.14. The molecule has 0 aliphatic rings. The van der Waals surface area contributed by atoms with Crippen LogP contribution in [0.25, 0.3) is 0 Å². The highest BCUT2D eigenvalue weighted by molar-refractivity contribution is 5.69. The molecule has 0 saturated carbocycles. The Balaban J connectivity index is 3.11. The van der Waals surface area contributed by atoms with Gasteiger partial charge in [-0.05, 0) is 12.1 Å². The Bertz CT molecular complexity index is 390. The molecule has 0 bridgehead atoms. The van der Waals surface area contributed by atoms with Crippen LogP contribution in [-0.4, -0.2) is 16.1 Å². The van der Waals surface area contributed by atoms with Gasteiger partial charge in [-0.1, -0.05) is 0 Å². The van der Waals surface area contributed by atoms with Crippen LogP contribution >= 0.6 is 0 Å². The number of hydrogen-bond acceptors (Lipinski definition) is 3. The number of nitrogen functional groups attached to an aromatic ring is 1. The lowest BCUT2D eigenvalue weighted by Gasteiger charge is -2.08. The fourth-order valence-corrected chi connectivity index (χ4v) is 1.02. The van der Waals surface area contributed by atoms with Crippen molar-refractivity contribution in [3.8, 4) is 0 Å². The average molecular weight is 220 g/mol. The van der Waals surface area contributed by atoms with Crippen molar-refractivity contribution in [2.75, 3.05) is 5.73 Å². The van der Waals surface area contributed by atoms with Gasteiger partial charge in [0.1, 0.15) is 5.82 Å². The van der Waals surface area contributed by atoms with Crippen molar-refractivity contribution in [3.05, 3.63) is 23.4 Å². The monoisotopic (exact) mass is 220 g/mol. The lowest BCUT2D eigenvalue weighted by Crippen LogP contribution is -2.10. The second-order valence-corrected chi connectivity index (χ2v) is 2.84. The SMILES string of the molecule is Nc1cc(C(F)(F)F)cc(CC(=O)O)n1. The summed E-state index contributed by atoms with van der Waals surface area (Å²) in [6, 6.07) is 1.33. The normalized spacial score (nSPS) is 11.4. The van der Waals surface area contributed by atoms with Gasteiger partial charge >= 0.3 is 12.1 Å². The van der Waals surface area contributed by atoms with E-state index < -0.39 is 24.1 Å². The topological polar surface area (TPSA) is 76.2 Å². The minimum absolute atomic E-state index is 0.213. The van der Waals surface area contributed by atoms with E-state index in [0.717, 1.165) is 0 Å². The molecule has 0 amide bonds. The second kappa shape index (κ2) is 3.76. The van der Waals surface area contributed by atoms with Gasteiger partial charge in [-0.15, -0.1) is 0 Å². The molecule has 0 aromatic carbocycles. The van der Waals surface area contributed by atoms with E-state index in [1.807, 2.05) is 0 Å². The smallest absolute Gasteiger partial charge is 0.416 e. The van der Waals surface area contributed by atoms with E-state index in [1.54, 1.807) is 0 Å². The highest BCUT2D eigenvalue weighted by Gasteiger charge is 2.31. The van der Waals surface area contributed by atoms with Gasteiger partial charge in [0.05, 0.1) is 17.7 Å². The second-order valence-electron chi connectivity index (χ2n) is 2.84. The molecule has 0 aliphatic carbocycles. The third-order valence-corrected chi connectivity index (χ3v) is 1.56. The Hall–Kier alpha value is -1.79. The number of carbonyl (C=O) groups is 1. The van der Waals surface area contributed by atoms with Gasteiger partial charge in [0.25, 0.3) is 0 Å². The quantitative estimate of drug-likeness (QED) is 0.787. The Labute approximate surface area is 82.5 Å². The molecular weight excluding hydrogens is 213 g/mol. The predicted molar refractivity (Wildman–Crippen MR) is 45.0 cm³/mol. The van der Waals surface area contributed by atoms with E-state index in [0.29, 0.717) is 12.1 Å². The minimum atomic E-state index is -4.55. The number of carboxylic acids is 1. The standard InChI is InChI=1S/C8H7F3N2O2/c9-8(10,11)4-1-5(3-7(14)15)13-6(12)2-4/h1-2H,3H2,(H2,12,13)(H,14,15). The molecule has 0 spiro atoms. The number of anilines is 1. The number of aromatic nitrogens is 1. The summed E-state index contributed by atoms with van der Waals surface area (Å²) in [5.74, 6) is -1.61. The van der Waals surface area contributed by atoms with Gasteiger partial charge in [0, 0.05) is 0 Å². The molecule has 0 aliphatic heterocycles. The largest absolute Gasteiger partial charge is 0.481 e. The van der Waals surface area contributed by atoms with Crippen molar-refractivity contribution >= 4 is 11.8 Å². The minimum Gasteiger partial charge on any atom is -0.481 e. The summed E-state index contributed by atoms with van der Waals surface area (Å²) in [5.41, 5.74) is 3.92. The summed E-state index contributed by atoms with van der Waals surface area (Å²) in [7, 11) is 0. The van der Waals surface area contributed by atoms with Gasteiger partial charge in [-0.3, -0.25) is 4.79 Å². The zero-order chi connectivity index (χ0) is 11.6. The molecule has 1 aromatic rings. The highest BCUT2D eigenvalue weighted by atomic mass is 19.4. The van der Waals surface area contributed by atoms with Crippen molar-refractivity contribution in [1.82, 2.24) is 4.98 Å². The molecule has 0 fully saturated rings. The Morgan fingerprint density at radius 3 is 2.53 bits per heavy atom. The maximum absolute atomic E-state index is 12.3. The molecule has 1 rings (SSSR count). The molecule has 7 heteroatoms. The summed E-state index contributed by atoms with van der Waals surface area (Å²) in [4.78, 5) is 13.8. The Kier molecular flexibility index (Phi) is 2.83. The van der Waals surface area contributed by atoms with Crippen LogP contribution in [0, 0.1) is 0 Å². The fraction of sp³-hybridized carbons (Fsp3) is 0.250. The summed E-state index contributed by atoms with van der Waals surface area (Å²) in [5, 5.41) is 8.39. The molecule has 1 aromatic heterocycles. The zero-order valence-corrected chi connectivity index (χ0v) is 7.38. The first-order valence-corrected chi connectivity index (χ1v) is 3.84. The molecule has 0 saturated heterocycles. The van der Waals surface area contributed by atoms with Crippen molar-refractivity contribution < 1.29 is 23.1 Å². The van der Waals surface area contributed by atoms with Crippen LogP contribution in [0.5, 0.6) is 0 Å². The summed E-state index contributed by atoms with van der Waals surface area (Å²) >= 11 is 0.